The van der Waals surface area contributed by atoms with Crippen molar-refractivity contribution in [2.45, 2.75) is 26.4 Å². The Morgan fingerprint density at radius 2 is 1.88 bits per heavy atom. The zero-order chi connectivity index (χ0) is 17.6. The first-order valence-electron chi connectivity index (χ1n) is 8.38. The molecule has 0 saturated heterocycles. The molecule has 3 aromatic rings. The van der Waals surface area contributed by atoms with Gasteiger partial charge < -0.3 is 15.2 Å². The highest BCUT2D eigenvalue weighted by Gasteiger charge is 2.10. The minimum Gasteiger partial charge on any atom is -0.338 e. The number of hydrogen-bond acceptors (Lipinski definition) is 2. The lowest BCUT2D eigenvalue weighted by molar-refractivity contribution is 0.240. The Kier molecular flexibility index (Phi) is 5.28. The molecule has 0 unspecified atom stereocenters. The van der Waals surface area contributed by atoms with Crippen LogP contribution < -0.4 is 10.6 Å². The van der Waals surface area contributed by atoms with Crippen LogP contribution in [0.3, 0.4) is 0 Å². The third-order valence-corrected chi connectivity index (χ3v) is 4.09. The molecule has 5 nitrogen and oxygen atoms in total. The molecule has 0 spiro atoms. The second kappa shape index (κ2) is 7.79. The van der Waals surface area contributed by atoms with Gasteiger partial charge in [0.2, 0.25) is 0 Å². The van der Waals surface area contributed by atoms with E-state index in [4.69, 9.17) is 0 Å². The zero-order valence-electron chi connectivity index (χ0n) is 14.1. The minimum atomic E-state index is -0.286. The van der Waals surface area contributed by atoms with Gasteiger partial charge in [-0.05, 0) is 37.1 Å². The highest BCUT2D eigenvalue weighted by atomic mass is 19.1. The fourth-order valence-electron chi connectivity index (χ4n) is 2.85. The van der Waals surface area contributed by atoms with Crippen molar-refractivity contribution in [3.63, 3.8) is 0 Å². The first-order valence-corrected chi connectivity index (χ1v) is 8.38. The van der Waals surface area contributed by atoms with Crippen molar-refractivity contribution >= 4 is 17.1 Å². The smallest absolute Gasteiger partial charge is 0.315 e. The van der Waals surface area contributed by atoms with Gasteiger partial charge in [-0.3, -0.25) is 0 Å². The second-order valence-electron chi connectivity index (χ2n) is 5.71. The summed E-state index contributed by atoms with van der Waals surface area (Å²) in [5.74, 6) is 0.564. The van der Waals surface area contributed by atoms with Crippen molar-refractivity contribution < 1.29 is 9.18 Å². The Balaban J connectivity index is 1.53. The third kappa shape index (κ3) is 3.96. The number of aryl methyl sites for hydroxylation is 1. The van der Waals surface area contributed by atoms with E-state index in [2.05, 4.69) is 20.2 Å². The van der Waals surface area contributed by atoms with Crippen molar-refractivity contribution in [2.24, 2.45) is 0 Å². The van der Waals surface area contributed by atoms with Gasteiger partial charge in [-0.25, -0.2) is 14.2 Å². The van der Waals surface area contributed by atoms with Crippen LogP contribution in [0.1, 0.15) is 18.3 Å². The highest BCUT2D eigenvalue weighted by Crippen LogP contribution is 2.15. The molecule has 0 bridgehead atoms. The summed E-state index contributed by atoms with van der Waals surface area (Å²) >= 11 is 0. The van der Waals surface area contributed by atoms with Gasteiger partial charge in [0.05, 0.1) is 17.6 Å². The Bertz CT molecular complexity index is 875. The maximum absolute atomic E-state index is 13.5. The van der Waals surface area contributed by atoms with E-state index < -0.39 is 0 Å². The number of urea groups is 1. The lowest BCUT2D eigenvalue weighted by atomic mass is 10.1. The van der Waals surface area contributed by atoms with E-state index in [1.165, 1.54) is 6.07 Å². The number of amides is 2. The summed E-state index contributed by atoms with van der Waals surface area (Å²) in [7, 11) is 0. The lowest BCUT2D eigenvalue weighted by Crippen LogP contribution is -2.36. The predicted octanol–water partition coefficient (Wildman–Crippen LogP) is 3.24. The van der Waals surface area contributed by atoms with Crippen molar-refractivity contribution in [3.8, 4) is 0 Å². The van der Waals surface area contributed by atoms with Gasteiger partial charge in [0.25, 0.3) is 0 Å². The van der Waals surface area contributed by atoms with Crippen LogP contribution in [-0.4, -0.2) is 22.1 Å². The molecule has 0 atom stereocenters. The molecule has 0 aliphatic carbocycles. The topological polar surface area (TPSA) is 59.0 Å². The summed E-state index contributed by atoms with van der Waals surface area (Å²) in [6, 6.07) is 14.2. The molecule has 2 N–H and O–H groups in total. The van der Waals surface area contributed by atoms with Gasteiger partial charge in [0, 0.05) is 13.1 Å². The molecule has 1 aromatic heterocycles. The van der Waals surface area contributed by atoms with E-state index in [0.29, 0.717) is 25.1 Å². The Morgan fingerprint density at radius 3 is 2.68 bits per heavy atom. The standard InChI is InChI=1S/C19H21FN4O/c1-2-24-17-10-6-5-9-16(17)23-18(24)13-22-19(25)21-12-11-14-7-3-4-8-15(14)20/h3-10H,2,11-13H2,1H3,(H2,21,22,25). The molecular formula is C19H21FN4O. The number of hydrogen-bond donors (Lipinski definition) is 2. The molecule has 0 saturated carbocycles. The maximum atomic E-state index is 13.5. The van der Waals surface area contributed by atoms with Gasteiger partial charge in [0.15, 0.2) is 0 Å². The van der Waals surface area contributed by atoms with E-state index in [9.17, 15) is 9.18 Å². The summed E-state index contributed by atoms with van der Waals surface area (Å²) in [6.45, 7) is 3.55. The summed E-state index contributed by atoms with van der Waals surface area (Å²) in [4.78, 5) is 16.5. The summed E-state index contributed by atoms with van der Waals surface area (Å²) in [5, 5.41) is 5.55. The molecule has 25 heavy (non-hydrogen) atoms. The fraction of sp³-hybridized carbons (Fsp3) is 0.263. The zero-order valence-corrected chi connectivity index (χ0v) is 14.1. The quantitative estimate of drug-likeness (QED) is 0.724. The number of carbonyl (C=O) groups excluding carboxylic acids is 1. The predicted molar refractivity (Wildman–Crippen MR) is 95.7 cm³/mol. The lowest BCUT2D eigenvalue weighted by Gasteiger charge is -2.09. The van der Waals surface area contributed by atoms with Crippen LogP contribution in [0.25, 0.3) is 11.0 Å². The molecule has 0 fully saturated rings. The molecule has 2 aromatic carbocycles. The summed E-state index contributed by atoms with van der Waals surface area (Å²) in [5.41, 5.74) is 2.57. The number of carbonyl (C=O) groups is 1. The Labute approximate surface area is 145 Å². The Hall–Kier alpha value is -2.89. The van der Waals surface area contributed by atoms with E-state index >= 15 is 0 Å². The first kappa shape index (κ1) is 17.0. The van der Waals surface area contributed by atoms with Crippen LogP contribution in [-0.2, 0) is 19.5 Å². The minimum absolute atomic E-state index is 0.249. The molecule has 0 aliphatic heterocycles. The third-order valence-electron chi connectivity index (χ3n) is 4.09. The van der Waals surface area contributed by atoms with E-state index in [1.54, 1.807) is 18.2 Å². The largest absolute Gasteiger partial charge is 0.338 e. The van der Waals surface area contributed by atoms with E-state index in [-0.39, 0.29) is 11.8 Å². The number of imidazole rings is 1. The molecular weight excluding hydrogens is 319 g/mol. The first-order chi connectivity index (χ1) is 12.2. The SMILES string of the molecule is CCn1c(CNC(=O)NCCc2ccccc2F)nc2ccccc21. The van der Waals surface area contributed by atoms with Gasteiger partial charge in [-0.1, -0.05) is 30.3 Å². The number of aromatic nitrogens is 2. The van der Waals surface area contributed by atoms with Crippen molar-refractivity contribution in [3.05, 3.63) is 65.7 Å². The average Bonchev–Trinajstić information content (AvgIpc) is 2.99. The van der Waals surface area contributed by atoms with Crippen molar-refractivity contribution in [1.29, 1.82) is 0 Å². The molecule has 2 amide bonds. The second-order valence-corrected chi connectivity index (χ2v) is 5.71. The van der Waals surface area contributed by atoms with Crippen LogP contribution in [0.5, 0.6) is 0 Å². The number of fused-ring (bicyclic) bond motifs is 1. The monoisotopic (exact) mass is 340 g/mol. The van der Waals surface area contributed by atoms with Crippen molar-refractivity contribution in [2.75, 3.05) is 6.54 Å². The molecule has 0 aliphatic rings. The molecule has 130 valence electrons. The summed E-state index contributed by atoms with van der Waals surface area (Å²) in [6.07, 6.45) is 0.452. The fourth-order valence-corrected chi connectivity index (χ4v) is 2.85. The highest BCUT2D eigenvalue weighted by molar-refractivity contribution is 5.76. The van der Waals surface area contributed by atoms with E-state index in [1.807, 2.05) is 31.2 Å². The number of nitrogens with zero attached hydrogens (tertiary/aromatic N) is 2. The van der Waals surface area contributed by atoms with E-state index in [0.717, 1.165) is 23.4 Å². The van der Waals surface area contributed by atoms with Crippen LogP contribution in [0.15, 0.2) is 48.5 Å². The van der Waals surface area contributed by atoms with Gasteiger partial charge in [-0.15, -0.1) is 0 Å². The molecule has 0 radical (unpaired) electrons. The van der Waals surface area contributed by atoms with Gasteiger partial charge in [-0.2, -0.15) is 0 Å². The van der Waals surface area contributed by atoms with Crippen LogP contribution in [0.2, 0.25) is 0 Å². The molecule has 3 rings (SSSR count). The van der Waals surface area contributed by atoms with Gasteiger partial charge in [0.1, 0.15) is 11.6 Å². The number of benzene rings is 2. The Morgan fingerprint density at radius 1 is 1.12 bits per heavy atom. The maximum Gasteiger partial charge on any atom is 0.315 e. The van der Waals surface area contributed by atoms with Crippen LogP contribution in [0, 0.1) is 5.82 Å². The normalized spacial score (nSPS) is 10.8. The number of halogens is 1. The molecule has 1 heterocycles. The van der Waals surface area contributed by atoms with Crippen molar-refractivity contribution in [1.82, 2.24) is 20.2 Å². The van der Waals surface area contributed by atoms with Crippen LogP contribution in [0.4, 0.5) is 9.18 Å². The van der Waals surface area contributed by atoms with Crippen LogP contribution >= 0.6 is 0 Å². The molecule has 6 heteroatoms. The number of rotatable bonds is 6. The summed E-state index contributed by atoms with van der Waals surface area (Å²) < 4.78 is 15.6. The average molecular weight is 340 g/mol. The van der Waals surface area contributed by atoms with Gasteiger partial charge >= 0.3 is 6.03 Å². The number of nitrogens with one attached hydrogen (secondary N) is 2. The number of para-hydroxylation sites is 2.